The third-order valence-corrected chi connectivity index (χ3v) is 7.81. The van der Waals surface area contributed by atoms with Crippen LogP contribution >= 0.6 is 0 Å². The van der Waals surface area contributed by atoms with Crippen molar-refractivity contribution >= 4 is 28.4 Å². The van der Waals surface area contributed by atoms with Gasteiger partial charge in [0, 0.05) is 17.7 Å². The zero-order chi connectivity index (χ0) is 22.9. The van der Waals surface area contributed by atoms with Crippen LogP contribution in [0.25, 0.3) is 10.9 Å². The van der Waals surface area contributed by atoms with E-state index in [2.05, 4.69) is 5.32 Å². The van der Waals surface area contributed by atoms with E-state index in [-0.39, 0.29) is 17.9 Å². The number of benzene rings is 2. The van der Waals surface area contributed by atoms with Crippen molar-refractivity contribution in [1.82, 2.24) is 19.8 Å². The van der Waals surface area contributed by atoms with Crippen LogP contribution in [-0.2, 0) is 20.9 Å². The molecule has 5 aliphatic rings. The maximum absolute atomic E-state index is 13.7. The lowest BCUT2D eigenvalue weighted by atomic mass is 9.81. The van der Waals surface area contributed by atoms with Gasteiger partial charge in [0.2, 0.25) is 11.8 Å². The molecule has 2 aromatic carbocycles. The lowest BCUT2D eigenvalue weighted by Gasteiger charge is -2.52. The summed E-state index contributed by atoms with van der Waals surface area (Å²) in [5.41, 5.74) is -1.39. The molecule has 2 amide bonds. The molecule has 166 valence electrons. The zero-order valence-corrected chi connectivity index (χ0v) is 18.0. The molecule has 0 spiro atoms. The fourth-order valence-corrected chi connectivity index (χ4v) is 6.37. The van der Waals surface area contributed by atoms with E-state index >= 15 is 0 Å². The van der Waals surface area contributed by atoms with Gasteiger partial charge in [0.05, 0.1) is 10.9 Å². The number of carbonyl (C=O) groups excluding carboxylic acids is 2. The van der Waals surface area contributed by atoms with Crippen molar-refractivity contribution in [3.05, 3.63) is 70.3 Å². The Morgan fingerprint density at radius 1 is 1.09 bits per heavy atom. The Morgan fingerprint density at radius 3 is 2.64 bits per heavy atom. The number of nitrogens with one attached hydrogen (secondary N) is 1. The number of aliphatic hydroxyl groups is 1. The number of para-hydroxylation sites is 2. The van der Waals surface area contributed by atoms with Crippen molar-refractivity contribution in [2.24, 2.45) is 0 Å². The van der Waals surface area contributed by atoms with Crippen molar-refractivity contribution in [3.63, 3.8) is 0 Å². The highest BCUT2D eigenvalue weighted by Gasteiger charge is 2.68. The standard InChI is InChI=1S/C24H21N5O4/c1-12-19(31)29-22-24(33,14-8-4-6-10-16(14)27(12)22)11-17-18(30)26-23(29,2)21-25-15-9-5-3-7-13(15)20(32)28(17)21/h3-10,12,17,22,33H,11H2,1-2H3,(H,26,30)/t12-,17-,22+,23+,24+/m0/s1. The van der Waals surface area contributed by atoms with Gasteiger partial charge < -0.3 is 15.3 Å². The second-order valence-corrected chi connectivity index (χ2v) is 9.52. The van der Waals surface area contributed by atoms with Crippen LogP contribution in [0.5, 0.6) is 0 Å². The van der Waals surface area contributed by atoms with Gasteiger partial charge in [-0.1, -0.05) is 30.3 Å². The van der Waals surface area contributed by atoms with E-state index in [1.54, 1.807) is 38.1 Å². The molecule has 2 fully saturated rings. The predicted molar refractivity (Wildman–Crippen MR) is 118 cm³/mol. The molecule has 0 radical (unpaired) electrons. The molecular weight excluding hydrogens is 422 g/mol. The molecular formula is C24H21N5O4. The van der Waals surface area contributed by atoms with Crippen molar-refractivity contribution in [1.29, 1.82) is 0 Å². The van der Waals surface area contributed by atoms with Gasteiger partial charge in [0.15, 0.2) is 11.5 Å². The van der Waals surface area contributed by atoms with Crippen LogP contribution in [0.3, 0.4) is 0 Å². The topological polar surface area (TPSA) is 108 Å². The van der Waals surface area contributed by atoms with Gasteiger partial charge in [-0.2, -0.15) is 0 Å². The minimum atomic E-state index is -1.54. The maximum Gasteiger partial charge on any atom is 0.262 e. The molecule has 2 saturated heterocycles. The number of rotatable bonds is 0. The number of amides is 2. The lowest BCUT2D eigenvalue weighted by molar-refractivity contribution is -0.164. The van der Waals surface area contributed by atoms with Gasteiger partial charge in [-0.05, 0) is 32.0 Å². The van der Waals surface area contributed by atoms with Crippen LogP contribution < -0.4 is 15.8 Å². The van der Waals surface area contributed by atoms with E-state index in [1.807, 2.05) is 29.2 Å². The van der Waals surface area contributed by atoms with Gasteiger partial charge in [-0.25, -0.2) is 4.98 Å². The SMILES string of the molecule is C[C@H]1C(=O)N2[C@H]3N1c1ccccc1[C@]3(O)C[C@H]1C(=O)N[C@@]2(C)c2nc3ccccc3c(=O)n21. The molecule has 5 aliphatic heterocycles. The Balaban J connectivity index is 1.61. The summed E-state index contributed by atoms with van der Waals surface area (Å²) in [5, 5.41) is 15.6. The number of carbonyl (C=O) groups is 2. The lowest BCUT2D eigenvalue weighted by Crippen LogP contribution is -2.71. The molecule has 2 bridgehead atoms. The first-order valence-electron chi connectivity index (χ1n) is 11.0. The smallest absolute Gasteiger partial charge is 0.262 e. The second-order valence-electron chi connectivity index (χ2n) is 9.52. The predicted octanol–water partition coefficient (Wildman–Crippen LogP) is 0.908. The van der Waals surface area contributed by atoms with Crippen LogP contribution in [0.2, 0.25) is 0 Å². The number of fused-ring (bicyclic) bond motifs is 4. The molecule has 0 aliphatic carbocycles. The van der Waals surface area contributed by atoms with E-state index in [9.17, 15) is 19.5 Å². The summed E-state index contributed by atoms with van der Waals surface area (Å²) in [4.78, 5) is 49.0. The minimum Gasteiger partial charge on any atom is -0.381 e. The largest absolute Gasteiger partial charge is 0.381 e. The first-order chi connectivity index (χ1) is 15.8. The molecule has 5 atom stereocenters. The summed E-state index contributed by atoms with van der Waals surface area (Å²) in [6.45, 7) is 3.49. The van der Waals surface area contributed by atoms with Crippen LogP contribution in [0.4, 0.5) is 5.69 Å². The summed E-state index contributed by atoms with van der Waals surface area (Å²) in [6.07, 6.45) is -0.793. The van der Waals surface area contributed by atoms with Crippen LogP contribution in [0.1, 0.15) is 37.7 Å². The number of aromatic nitrogens is 2. The van der Waals surface area contributed by atoms with Gasteiger partial charge in [-0.15, -0.1) is 0 Å². The third kappa shape index (κ3) is 1.94. The maximum atomic E-state index is 13.7. The Hall–Kier alpha value is -3.72. The molecule has 1 aromatic heterocycles. The molecule has 9 heteroatoms. The number of nitrogens with zero attached hydrogens (tertiary/aromatic N) is 4. The zero-order valence-electron chi connectivity index (χ0n) is 18.0. The van der Waals surface area contributed by atoms with Crippen molar-refractivity contribution in [2.75, 3.05) is 4.90 Å². The molecule has 8 rings (SSSR count). The van der Waals surface area contributed by atoms with Crippen molar-refractivity contribution < 1.29 is 14.7 Å². The van der Waals surface area contributed by atoms with Crippen LogP contribution in [0, 0.1) is 0 Å². The molecule has 0 saturated carbocycles. The first-order valence-corrected chi connectivity index (χ1v) is 11.0. The Bertz CT molecular complexity index is 1480. The van der Waals surface area contributed by atoms with E-state index in [1.165, 1.54) is 9.47 Å². The molecule has 6 heterocycles. The van der Waals surface area contributed by atoms with Gasteiger partial charge >= 0.3 is 0 Å². The summed E-state index contributed by atoms with van der Waals surface area (Å²) >= 11 is 0. The second kappa shape index (κ2) is 5.60. The number of hydrogen-bond donors (Lipinski definition) is 2. The minimum absolute atomic E-state index is 0.0590. The molecule has 3 aromatic rings. The number of hydrogen-bond acceptors (Lipinski definition) is 6. The summed E-state index contributed by atoms with van der Waals surface area (Å²) in [5.74, 6) is -0.361. The molecule has 0 unspecified atom stereocenters. The van der Waals surface area contributed by atoms with Crippen molar-refractivity contribution in [3.8, 4) is 0 Å². The van der Waals surface area contributed by atoms with Gasteiger partial charge in [0.25, 0.3) is 5.56 Å². The van der Waals surface area contributed by atoms with Crippen LogP contribution in [-0.4, -0.2) is 43.6 Å². The number of anilines is 1. The first kappa shape index (κ1) is 18.8. The van der Waals surface area contributed by atoms with E-state index in [4.69, 9.17) is 4.98 Å². The average molecular weight is 443 g/mol. The molecule has 33 heavy (non-hydrogen) atoms. The Kier molecular flexibility index (Phi) is 3.20. The van der Waals surface area contributed by atoms with E-state index < -0.39 is 35.4 Å². The van der Waals surface area contributed by atoms with E-state index in [0.29, 0.717) is 22.3 Å². The normalized spacial score (nSPS) is 33.5. The summed E-state index contributed by atoms with van der Waals surface area (Å²) < 4.78 is 1.39. The Morgan fingerprint density at radius 2 is 1.82 bits per heavy atom. The summed E-state index contributed by atoms with van der Waals surface area (Å²) in [6, 6.07) is 12.9. The van der Waals surface area contributed by atoms with Crippen LogP contribution in [0.15, 0.2) is 53.3 Å². The fraction of sp³-hybridized carbons (Fsp3) is 0.333. The van der Waals surface area contributed by atoms with Gasteiger partial charge in [-0.3, -0.25) is 23.9 Å². The third-order valence-electron chi connectivity index (χ3n) is 7.81. The highest BCUT2D eigenvalue weighted by Crippen LogP contribution is 2.56. The Labute approximate surface area is 188 Å². The molecule has 9 nitrogen and oxygen atoms in total. The summed E-state index contributed by atoms with van der Waals surface area (Å²) in [7, 11) is 0. The fourth-order valence-electron chi connectivity index (χ4n) is 6.37. The average Bonchev–Trinajstić information content (AvgIpc) is 3.21. The highest BCUT2D eigenvalue weighted by atomic mass is 16.3. The highest BCUT2D eigenvalue weighted by molar-refractivity contribution is 5.94. The molecule has 2 N–H and O–H groups in total. The van der Waals surface area contributed by atoms with E-state index in [0.717, 1.165) is 5.69 Å². The van der Waals surface area contributed by atoms with Crippen molar-refractivity contribution in [2.45, 2.75) is 49.8 Å². The quantitative estimate of drug-likeness (QED) is 0.535. The van der Waals surface area contributed by atoms with Gasteiger partial charge in [0.1, 0.15) is 23.9 Å². The monoisotopic (exact) mass is 443 g/mol.